The van der Waals surface area contributed by atoms with Gasteiger partial charge >= 0.3 is 5.97 Å². The van der Waals surface area contributed by atoms with Crippen molar-refractivity contribution >= 4 is 21.9 Å². The van der Waals surface area contributed by atoms with E-state index in [9.17, 15) is 18.0 Å². The normalized spacial score (nSPS) is 40.5. The Morgan fingerprint density at radius 3 is 2.68 bits per heavy atom. The van der Waals surface area contributed by atoms with Gasteiger partial charge in [0.05, 0.1) is 5.92 Å². The van der Waals surface area contributed by atoms with Gasteiger partial charge in [0.1, 0.15) is 11.9 Å². The van der Waals surface area contributed by atoms with Crippen LogP contribution in [0.25, 0.3) is 0 Å². The SMILES string of the molecule is O=C(CS(=O)(=O)O)OC1C2CC3CC(C2)C(=O)C1C3. The third-order valence-corrected chi connectivity index (χ3v) is 5.23. The molecule has 0 spiro atoms. The van der Waals surface area contributed by atoms with Crippen LogP contribution in [0.2, 0.25) is 0 Å². The summed E-state index contributed by atoms with van der Waals surface area (Å²) in [5.41, 5.74) is 0. The summed E-state index contributed by atoms with van der Waals surface area (Å²) in [6, 6.07) is 0. The first-order valence-electron chi connectivity index (χ1n) is 6.52. The Balaban J connectivity index is 1.72. The molecule has 0 radical (unpaired) electrons. The fraction of sp³-hybridized carbons (Fsp3) is 0.833. The van der Waals surface area contributed by atoms with E-state index in [2.05, 4.69) is 0 Å². The number of ether oxygens (including phenoxy) is 1. The van der Waals surface area contributed by atoms with E-state index in [0.717, 1.165) is 25.7 Å². The maximum Gasteiger partial charge on any atom is 0.323 e. The molecule has 4 rings (SSSR count). The first-order valence-corrected chi connectivity index (χ1v) is 8.13. The number of hydrogen-bond acceptors (Lipinski definition) is 5. The highest BCUT2D eigenvalue weighted by molar-refractivity contribution is 7.86. The second-order valence-electron chi connectivity index (χ2n) is 5.96. The van der Waals surface area contributed by atoms with E-state index in [1.54, 1.807) is 0 Å². The number of ketones is 1. The molecule has 0 aromatic heterocycles. The standard InChI is InChI=1S/C12H16O6S/c13-10(5-19(15,16)17)18-12-8-2-6-1-7(4-8)11(14)9(12)3-6/h6-9,12H,1-5H2,(H,15,16,17). The monoisotopic (exact) mass is 288 g/mol. The minimum atomic E-state index is -4.37. The molecular formula is C12H16O6S. The van der Waals surface area contributed by atoms with Crippen molar-refractivity contribution in [2.24, 2.45) is 23.7 Å². The Hall–Kier alpha value is -0.950. The number of rotatable bonds is 3. The summed E-state index contributed by atoms with van der Waals surface area (Å²) in [6.07, 6.45) is 2.90. The van der Waals surface area contributed by atoms with Crippen molar-refractivity contribution in [3.05, 3.63) is 0 Å². The molecule has 0 amide bonds. The van der Waals surface area contributed by atoms with Crippen LogP contribution in [-0.2, 0) is 24.4 Å². The van der Waals surface area contributed by atoms with Crippen LogP contribution in [0.4, 0.5) is 0 Å². The van der Waals surface area contributed by atoms with Gasteiger partial charge in [-0.3, -0.25) is 14.1 Å². The van der Waals surface area contributed by atoms with Crippen LogP contribution in [0.1, 0.15) is 25.7 Å². The van der Waals surface area contributed by atoms with E-state index in [1.165, 1.54) is 0 Å². The quantitative estimate of drug-likeness (QED) is 0.597. The van der Waals surface area contributed by atoms with Crippen molar-refractivity contribution in [1.29, 1.82) is 0 Å². The van der Waals surface area contributed by atoms with Crippen molar-refractivity contribution in [3.63, 3.8) is 0 Å². The van der Waals surface area contributed by atoms with Gasteiger partial charge in [-0.1, -0.05) is 0 Å². The second kappa shape index (κ2) is 4.28. The maximum absolute atomic E-state index is 12.1. The molecule has 4 aliphatic rings. The largest absolute Gasteiger partial charge is 0.460 e. The average Bonchev–Trinajstić information content (AvgIpc) is 2.27. The molecule has 0 aromatic rings. The lowest BCUT2D eigenvalue weighted by atomic mass is 9.54. The lowest BCUT2D eigenvalue weighted by molar-refractivity contribution is -0.173. The zero-order chi connectivity index (χ0) is 13.8. The molecule has 0 aromatic carbocycles. The number of Topliss-reactive ketones (excluding diaryl/α,β-unsaturated/α-hetero) is 1. The smallest absolute Gasteiger partial charge is 0.323 e. The highest BCUT2D eigenvalue weighted by atomic mass is 32.2. The Morgan fingerprint density at radius 1 is 1.26 bits per heavy atom. The predicted molar refractivity (Wildman–Crippen MR) is 63.7 cm³/mol. The van der Waals surface area contributed by atoms with Crippen LogP contribution in [0.15, 0.2) is 0 Å². The first-order chi connectivity index (χ1) is 8.83. The molecule has 4 saturated carbocycles. The summed E-state index contributed by atoms with van der Waals surface area (Å²) in [4.78, 5) is 23.6. The van der Waals surface area contributed by atoms with E-state index in [1.807, 2.05) is 0 Å². The maximum atomic E-state index is 12.1. The molecule has 106 valence electrons. The van der Waals surface area contributed by atoms with Crippen molar-refractivity contribution in [2.75, 3.05) is 5.75 Å². The molecule has 0 aliphatic heterocycles. The van der Waals surface area contributed by atoms with Gasteiger partial charge in [-0.05, 0) is 37.5 Å². The highest BCUT2D eigenvalue weighted by Gasteiger charge is 2.54. The number of carbonyl (C=O) groups is 2. The predicted octanol–water partition coefficient (Wildman–Crippen LogP) is 0.421. The third-order valence-electron chi connectivity index (χ3n) is 4.63. The molecule has 4 bridgehead atoms. The molecule has 5 unspecified atom stereocenters. The highest BCUT2D eigenvalue weighted by Crippen LogP contribution is 2.52. The topological polar surface area (TPSA) is 97.7 Å². The number of esters is 1. The Labute approximate surface area is 111 Å². The van der Waals surface area contributed by atoms with Crippen molar-refractivity contribution < 1.29 is 27.3 Å². The third kappa shape index (κ3) is 2.41. The van der Waals surface area contributed by atoms with E-state index in [0.29, 0.717) is 5.92 Å². The van der Waals surface area contributed by atoms with E-state index in [4.69, 9.17) is 9.29 Å². The Morgan fingerprint density at radius 2 is 2.00 bits per heavy atom. The van der Waals surface area contributed by atoms with Crippen LogP contribution in [0, 0.1) is 23.7 Å². The lowest BCUT2D eigenvalue weighted by Crippen LogP contribution is -2.55. The van der Waals surface area contributed by atoms with Crippen molar-refractivity contribution in [1.82, 2.24) is 0 Å². The molecule has 6 nitrogen and oxygen atoms in total. The van der Waals surface area contributed by atoms with Crippen LogP contribution >= 0.6 is 0 Å². The first kappa shape index (κ1) is 13.1. The molecule has 0 heterocycles. The summed E-state index contributed by atoms with van der Waals surface area (Å²) < 4.78 is 35.1. The van der Waals surface area contributed by atoms with Gasteiger partial charge in [-0.25, -0.2) is 0 Å². The van der Waals surface area contributed by atoms with Gasteiger partial charge < -0.3 is 4.74 Å². The number of hydrogen-bond donors (Lipinski definition) is 1. The van der Waals surface area contributed by atoms with Crippen LogP contribution < -0.4 is 0 Å². The van der Waals surface area contributed by atoms with E-state index < -0.39 is 27.9 Å². The van der Waals surface area contributed by atoms with Crippen LogP contribution in [0.3, 0.4) is 0 Å². The summed E-state index contributed by atoms with van der Waals surface area (Å²) in [6.45, 7) is 0. The minimum absolute atomic E-state index is 0.110. The Kier molecular flexibility index (Phi) is 2.94. The van der Waals surface area contributed by atoms with Crippen LogP contribution in [0.5, 0.6) is 0 Å². The summed E-state index contributed by atoms with van der Waals surface area (Å²) >= 11 is 0. The van der Waals surface area contributed by atoms with Gasteiger partial charge in [-0.2, -0.15) is 8.42 Å². The zero-order valence-corrected chi connectivity index (χ0v) is 11.1. The van der Waals surface area contributed by atoms with E-state index >= 15 is 0 Å². The lowest BCUT2D eigenvalue weighted by Gasteiger charge is -2.52. The molecule has 1 N–H and O–H groups in total. The summed E-state index contributed by atoms with van der Waals surface area (Å²) in [7, 11) is -4.37. The van der Waals surface area contributed by atoms with Gasteiger partial charge in [0.15, 0.2) is 5.75 Å². The fourth-order valence-corrected chi connectivity index (χ4v) is 4.46. The van der Waals surface area contributed by atoms with Gasteiger partial charge in [-0.15, -0.1) is 0 Å². The molecule has 5 atom stereocenters. The zero-order valence-electron chi connectivity index (χ0n) is 10.3. The Bertz CT molecular complexity index is 524. The average molecular weight is 288 g/mol. The van der Waals surface area contributed by atoms with Gasteiger partial charge in [0.2, 0.25) is 0 Å². The molecule has 4 fully saturated rings. The minimum Gasteiger partial charge on any atom is -0.460 e. The number of carbonyl (C=O) groups excluding carboxylic acids is 2. The molecule has 0 saturated heterocycles. The van der Waals surface area contributed by atoms with Gasteiger partial charge in [0, 0.05) is 5.92 Å². The molecule has 4 aliphatic carbocycles. The summed E-state index contributed by atoms with van der Waals surface area (Å²) in [5.74, 6) is -1.27. The fourth-order valence-electron chi connectivity index (χ4n) is 4.09. The molecule has 19 heavy (non-hydrogen) atoms. The van der Waals surface area contributed by atoms with Crippen molar-refractivity contribution in [2.45, 2.75) is 31.8 Å². The van der Waals surface area contributed by atoms with Crippen molar-refractivity contribution in [3.8, 4) is 0 Å². The summed E-state index contributed by atoms with van der Waals surface area (Å²) in [5, 5.41) is 0. The van der Waals surface area contributed by atoms with Crippen LogP contribution in [-0.4, -0.2) is 36.6 Å². The second-order valence-corrected chi connectivity index (χ2v) is 7.41. The van der Waals surface area contributed by atoms with Gasteiger partial charge in [0.25, 0.3) is 10.1 Å². The molecular weight excluding hydrogens is 272 g/mol. The molecule has 7 heteroatoms. The van der Waals surface area contributed by atoms with E-state index in [-0.39, 0.29) is 23.5 Å².